The monoisotopic (exact) mass is 311 g/mol. The number of carbonyl (C=O) groups excluding carboxylic acids is 1. The van der Waals surface area contributed by atoms with Crippen molar-refractivity contribution in [1.29, 1.82) is 0 Å². The highest BCUT2D eigenvalue weighted by Crippen LogP contribution is 2.21. The summed E-state index contributed by atoms with van der Waals surface area (Å²) in [5.41, 5.74) is 0. The number of amides is 2. The largest absolute Gasteiger partial charge is 0.394 e. The summed E-state index contributed by atoms with van der Waals surface area (Å²) in [5.74, 6) is 0.0510. The molecule has 0 unspecified atom stereocenters. The van der Waals surface area contributed by atoms with Gasteiger partial charge in [0.1, 0.15) is 12.2 Å². The maximum atomic E-state index is 11.8. The first-order valence-electron chi connectivity index (χ1n) is 6.01. The van der Waals surface area contributed by atoms with E-state index in [2.05, 4.69) is 10.6 Å². The first kappa shape index (κ1) is 17.1. The van der Waals surface area contributed by atoms with E-state index in [1.807, 2.05) is 0 Å². The van der Waals surface area contributed by atoms with Crippen LogP contribution in [0.1, 0.15) is 6.42 Å². The molecule has 0 aromatic heterocycles. The number of urea groups is 1. The van der Waals surface area contributed by atoms with Crippen LogP contribution in [0.4, 0.5) is 4.79 Å². The normalized spacial score (nSPS) is 29.8. The molecule has 2 amide bonds. The van der Waals surface area contributed by atoms with Gasteiger partial charge in [0.25, 0.3) is 0 Å². The zero-order valence-electron chi connectivity index (χ0n) is 10.9. The van der Waals surface area contributed by atoms with Gasteiger partial charge in [0.2, 0.25) is 0 Å². The second-order valence-corrected chi connectivity index (χ2v) is 4.58. The Labute approximate surface area is 120 Å². The van der Waals surface area contributed by atoms with Crippen molar-refractivity contribution in [1.82, 2.24) is 10.3 Å². The van der Waals surface area contributed by atoms with Gasteiger partial charge in [0, 0.05) is 19.4 Å². The minimum Gasteiger partial charge on any atom is -0.394 e. The Bertz CT molecular complexity index is 334. The molecule has 1 aliphatic heterocycles. The predicted octanol–water partition coefficient (Wildman–Crippen LogP) is -0.599. The topological polar surface area (TPSA) is 121 Å². The zero-order chi connectivity index (χ0) is 15.1. The van der Waals surface area contributed by atoms with E-state index in [9.17, 15) is 14.8 Å². The summed E-state index contributed by atoms with van der Waals surface area (Å²) < 4.78 is 10.3. The average Bonchev–Trinajstić information content (AvgIpc) is 2.46. The fourth-order valence-electron chi connectivity index (χ4n) is 1.88. The van der Waals surface area contributed by atoms with E-state index in [-0.39, 0.29) is 18.8 Å². The van der Waals surface area contributed by atoms with Crippen LogP contribution in [0.5, 0.6) is 0 Å². The van der Waals surface area contributed by atoms with Crippen LogP contribution in [0.2, 0.25) is 0 Å². The van der Waals surface area contributed by atoms with E-state index in [0.29, 0.717) is 5.01 Å². The van der Waals surface area contributed by atoms with Crippen LogP contribution in [-0.2, 0) is 9.47 Å². The van der Waals surface area contributed by atoms with Crippen LogP contribution in [-0.4, -0.2) is 71.9 Å². The van der Waals surface area contributed by atoms with Crippen molar-refractivity contribution in [2.45, 2.75) is 31.0 Å². The number of methoxy groups -OCH3 is 1. The van der Waals surface area contributed by atoms with Gasteiger partial charge in [-0.05, 0) is 0 Å². The first-order valence-corrected chi connectivity index (χ1v) is 6.55. The molecule has 0 radical (unpaired) electrons. The van der Waals surface area contributed by atoms with Crippen molar-refractivity contribution in [3.63, 3.8) is 0 Å². The molecular formula is C10H18ClN3O6. The lowest BCUT2D eigenvalue weighted by Crippen LogP contribution is -2.58. The maximum absolute atomic E-state index is 11.8. The van der Waals surface area contributed by atoms with Gasteiger partial charge in [-0.2, -0.15) is 5.01 Å². The Morgan fingerprint density at radius 3 is 2.85 bits per heavy atom. The number of rotatable bonds is 6. The molecule has 0 bridgehead atoms. The van der Waals surface area contributed by atoms with E-state index >= 15 is 0 Å². The lowest BCUT2D eigenvalue weighted by atomic mass is 9.99. The minimum absolute atomic E-state index is 0.0483. The van der Waals surface area contributed by atoms with E-state index in [4.69, 9.17) is 26.2 Å². The number of nitroso groups, excluding NO2 is 1. The van der Waals surface area contributed by atoms with Crippen molar-refractivity contribution >= 4 is 17.6 Å². The Balaban J connectivity index is 2.67. The molecule has 10 heteroatoms. The van der Waals surface area contributed by atoms with E-state index in [1.165, 1.54) is 7.11 Å². The molecule has 9 nitrogen and oxygen atoms in total. The Morgan fingerprint density at radius 2 is 2.35 bits per heavy atom. The summed E-state index contributed by atoms with van der Waals surface area (Å²) in [6, 6.07) is -1.52. The molecule has 4 atom stereocenters. The van der Waals surface area contributed by atoms with Gasteiger partial charge in [-0.3, -0.25) is 0 Å². The minimum atomic E-state index is -1.13. The summed E-state index contributed by atoms with van der Waals surface area (Å²) in [7, 11) is 1.41. The number of alkyl halides is 1. The summed E-state index contributed by atoms with van der Waals surface area (Å²) in [5, 5.41) is 24.7. The summed E-state index contributed by atoms with van der Waals surface area (Å²) in [6.45, 7) is -0.474. The van der Waals surface area contributed by atoms with Gasteiger partial charge in [0.15, 0.2) is 6.29 Å². The van der Waals surface area contributed by atoms with Crippen molar-refractivity contribution in [3.8, 4) is 0 Å². The van der Waals surface area contributed by atoms with Crippen LogP contribution in [0.3, 0.4) is 0 Å². The van der Waals surface area contributed by atoms with Gasteiger partial charge in [-0.25, -0.2) is 4.79 Å². The predicted molar refractivity (Wildman–Crippen MR) is 68.9 cm³/mol. The van der Waals surface area contributed by atoms with Gasteiger partial charge >= 0.3 is 6.03 Å². The molecule has 1 aliphatic rings. The molecule has 0 aromatic rings. The van der Waals surface area contributed by atoms with E-state index < -0.39 is 37.2 Å². The van der Waals surface area contributed by atoms with Crippen molar-refractivity contribution in [3.05, 3.63) is 4.91 Å². The smallest absolute Gasteiger partial charge is 0.340 e. The Kier molecular flexibility index (Phi) is 7.10. The number of carbonyl (C=O) groups is 1. The summed E-state index contributed by atoms with van der Waals surface area (Å²) in [4.78, 5) is 22.3. The van der Waals surface area contributed by atoms with Crippen molar-refractivity contribution in [2.75, 3.05) is 26.1 Å². The quantitative estimate of drug-likeness (QED) is 0.342. The SMILES string of the molecule is CO[C@H]1C[C@@H](NC(=O)N(CCCl)N=O)[C@H](O)[C@@H](CO)O1. The van der Waals surface area contributed by atoms with Gasteiger partial charge in [-0.1, -0.05) is 0 Å². The van der Waals surface area contributed by atoms with E-state index in [0.717, 1.165) is 0 Å². The zero-order valence-corrected chi connectivity index (χ0v) is 11.7. The number of hydrogen-bond acceptors (Lipinski definition) is 7. The molecule has 1 fully saturated rings. The lowest BCUT2D eigenvalue weighted by molar-refractivity contribution is -0.227. The fraction of sp³-hybridized carbons (Fsp3) is 0.900. The number of halogens is 1. The highest BCUT2D eigenvalue weighted by molar-refractivity contribution is 6.18. The number of hydrogen-bond donors (Lipinski definition) is 3. The standard InChI is InChI=1S/C10H18ClN3O6/c1-19-8-4-6(9(16)7(5-15)20-8)12-10(17)14(13-18)3-2-11/h6-9,15-16H,2-5H2,1H3,(H,12,17)/t6-,7-,8-,9+/m1/s1. The maximum Gasteiger partial charge on any atom is 0.340 e. The first-order chi connectivity index (χ1) is 9.57. The second kappa shape index (κ2) is 8.32. The lowest BCUT2D eigenvalue weighted by Gasteiger charge is -2.38. The molecule has 116 valence electrons. The number of nitrogens with one attached hydrogen (secondary N) is 1. The summed E-state index contributed by atoms with van der Waals surface area (Å²) in [6.07, 6.45) is -2.51. The number of aliphatic hydroxyl groups excluding tert-OH is 2. The molecule has 1 rings (SSSR count). The molecule has 20 heavy (non-hydrogen) atoms. The number of nitrogens with zero attached hydrogens (tertiary/aromatic N) is 2. The van der Waals surface area contributed by atoms with Crippen molar-refractivity contribution in [2.24, 2.45) is 5.29 Å². The molecule has 0 spiro atoms. The van der Waals surface area contributed by atoms with Crippen LogP contribution < -0.4 is 5.32 Å². The third-order valence-electron chi connectivity index (χ3n) is 2.95. The Hall–Kier alpha value is -1.00. The summed E-state index contributed by atoms with van der Waals surface area (Å²) >= 11 is 5.44. The second-order valence-electron chi connectivity index (χ2n) is 4.20. The van der Waals surface area contributed by atoms with Crippen LogP contribution in [0.25, 0.3) is 0 Å². The Morgan fingerprint density at radius 1 is 1.65 bits per heavy atom. The van der Waals surface area contributed by atoms with Crippen LogP contribution in [0, 0.1) is 4.91 Å². The third-order valence-corrected chi connectivity index (χ3v) is 3.12. The van der Waals surface area contributed by atoms with Gasteiger partial charge < -0.3 is 25.0 Å². The molecule has 0 saturated carbocycles. The van der Waals surface area contributed by atoms with E-state index in [1.54, 1.807) is 0 Å². The molecule has 1 heterocycles. The van der Waals surface area contributed by atoms with Crippen LogP contribution >= 0.6 is 11.6 Å². The molecule has 0 aliphatic carbocycles. The molecule has 3 N–H and O–H groups in total. The third kappa shape index (κ3) is 4.25. The molecule has 1 saturated heterocycles. The highest BCUT2D eigenvalue weighted by atomic mass is 35.5. The number of aliphatic hydroxyl groups is 2. The van der Waals surface area contributed by atoms with Crippen LogP contribution in [0.15, 0.2) is 5.29 Å². The van der Waals surface area contributed by atoms with Gasteiger partial charge in [0.05, 0.1) is 24.5 Å². The highest BCUT2D eigenvalue weighted by Gasteiger charge is 2.38. The molecule has 0 aromatic carbocycles. The molecular weight excluding hydrogens is 294 g/mol. The van der Waals surface area contributed by atoms with Gasteiger partial charge in [-0.15, -0.1) is 16.5 Å². The average molecular weight is 312 g/mol. The van der Waals surface area contributed by atoms with Crippen molar-refractivity contribution < 1.29 is 24.5 Å². The number of ether oxygens (including phenoxy) is 2. The fourth-order valence-corrected chi connectivity index (χ4v) is 2.04.